The fourth-order valence-electron chi connectivity index (χ4n) is 3.28. The summed E-state index contributed by atoms with van der Waals surface area (Å²) in [4.78, 5) is 14.2. The Balaban J connectivity index is 1.29. The molecule has 1 aliphatic rings. The number of benzene rings is 1. The summed E-state index contributed by atoms with van der Waals surface area (Å²) in [6.45, 7) is 1.59. The number of hydrogen-bond acceptors (Lipinski definition) is 7. The van der Waals surface area contributed by atoms with E-state index in [4.69, 9.17) is 0 Å². The molecular weight excluding hydrogens is 390 g/mol. The molecule has 6 nitrogen and oxygen atoms in total. The van der Waals surface area contributed by atoms with Gasteiger partial charge in [-0.25, -0.2) is 0 Å². The van der Waals surface area contributed by atoms with E-state index >= 15 is 0 Å². The predicted molar refractivity (Wildman–Crippen MR) is 118 cm³/mol. The first-order valence-corrected chi connectivity index (χ1v) is 11.8. The van der Waals surface area contributed by atoms with Gasteiger partial charge >= 0.3 is 0 Å². The van der Waals surface area contributed by atoms with Crippen LogP contribution in [0.3, 0.4) is 0 Å². The molecule has 1 saturated carbocycles. The molecule has 0 saturated heterocycles. The van der Waals surface area contributed by atoms with E-state index in [1.54, 1.807) is 11.3 Å². The largest absolute Gasteiger partial charge is 0.375 e. The molecule has 8 heteroatoms. The van der Waals surface area contributed by atoms with E-state index in [0.29, 0.717) is 18.3 Å². The SMILES string of the molecule is CN(CCCNC(=O)CSc1nnc(NC2CCCCC2)s1)c1ccccc1. The Morgan fingerprint density at radius 3 is 2.79 bits per heavy atom. The van der Waals surface area contributed by atoms with Crippen molar-refractivity contribution in [2.45, 2.75) is 48.9 Å². The van der Waals surface area contributed by atoms with E-state index in [1.807, 2.05) is 18.2 Å². The molecule has 0 bridgehead atoms. The highest BCUT2D eigenvalue weighted by Crippen LogP contribution is 2.28. The van der Waals surface area contributed by atoms with E-state index < -0.39 is 0 Å². The van der Waals surface area contributed by atoms with Crippen LogP contribution in [-0.4, -0.2) is 48.0 Å². The molecule has 1 aromatic heterocycles. The summed E-state index contributed by atoms with van der Waals surface area (Å²) < 4.78 is 0.845. The van der Waals surface area contributed by atoms with Crippen molar-refractivity contribution in [3.05, 3.63) is 30.3 Å². The maximum atomic E-state index is 12.0. The van der Waals surface area contributed by atoms with Gasteiger partial charge in [0.1, 0.15) is 0 Å². The molecule has 0 spiro atoms. The second-order valence-corrected chi connectivity index (χ2v) is 9.30. The summed E-state index contributed by atoms with van der Waals surface area (Å²) in [7, 11) is 2.07. The molecule has 1 fully saturated rings. The smallest absolute Gasteiger partial charge is 0.230 e. The Kier molecular flexibility index (Phi) is 8.42. The highest BCUT2D eigenvalue weighted by molar-refractivity contribution is 8.01. The lowest BCUT2D eigenvalue weighted by Crippen LogP contribution is -2.29. The highest BCUT2D eigenvalue weighted by atomic mass is 32.2. The maximum absolute atomic E-state index is 12.0. The van der Waals surface area contributed by atoms with Gasteiger partial charge in [0.2, 0.25) is 11.0 Å². The number of hydrogen-bond donors (Lipinski definition) is 2. The van der Waals surface area contributed by atoms with Gasteiger partial charge in [-0.2, -0.15) is 0 Å². The van der Waals surface area contributed by atoms with Crippen molar-refractivity contribution in [2.24, 2.45) is 0 Å². The Morgan fingerprint density at radius 2 is 2.00 bits per heavy atom. The molecule has 152 valence electrons. The number of carbonyl (C=O) groups is 1. The molecular formula is C20H29N5OS2. The van der Waals surface area contributed by atoms with Crippen molar-refractivity contribution in [1.29, 1.82) is 0 Å². The van der Waals surface area contributed by atoms with Gasteiger partial charge in [-0.1, -0.05) is 60.6 Å². The van der Waals surface area contributed by atoms with Crippen LogP contribution in [0, 0.1) is 0 Å². The van der Waals surface area contributed by atoms with E-state index in [-0.39, 0.29) is 5.91 Å². The van der Waals surface area contributed by atoms with Crippen LogP contribution in [0.1, 0.15) is 38.5 Å². The van der Waals surface area contributed by atoms with Gasteiger partial charge in [0.05, 0.1) is 5.75 Å². The van der Waals surface area contributed by atoms with Crippen molar-refractivity contribution in [3.63, 3.8) is 0 Å². The lowest BCUT2D eigenvalue weighted by molar-refractivity contribution is -0.118. The maximum Gasteiger partial charge on any atom is 0.230 e. The first-order chi connectivity index (χ1) is 13.7. The zero-order valence-corrected chi connectivity index (χ0v) is 18.0. The Labute approximate surface area is 175 Å². The van der Waals surface area contributed by atoms with Crippen LogP contribution in [0.2, 0.25) is 0 Å². The lowest BCUT2D eigenvalue weighted by Gasteiger charge is -2.21. The summed E-state index contributed by atoms with van der Waals surface area (Å²) in [5, 5.41) is 15.7. The van der Waals surface area contributed by atoms with Crippen LogP contribution in [0.5, 0.6) is 0 Å². The Morgan fingerprint density at radius 1 is 1.21 bits per heavy atom. The Bertz CT molecular complexity index is 718. The molecule has 0 atom stereocenters. The lowest BCUT2D eigenvalue weighted by atomic mass is 9.96. The van der Waals surface area contributed by atoms with Crippen LogP contribution in [-0.2, 0) is 4.79 Å². The molecule has 1 heterocycles. The second kappa shape index (κ2) is 11.3. The number of rotatable bonds is 10. The number of thioether (sulfide) groups is 1. The molecule has 28 heavy (non-hydrogen) atoms. The Hall–Kier alpha value is -1.80. The number of para-hydroxylation sites is 1. The second-order valence-electron chi connectivity index (χ2n) is 7.10. The van der Waals surface area contributed by atoms with Crippen LogP contribution in [0.15, 0.2) is 34.7 Å². The molecule has 2 aromatic rings. The van der Waals surface area contributed by atoms with E-state index in [9.17, 15) is 4.79 Å². The third kappa shape index (κ3) is 6.98. The minimum atomic E-state index is 0.0457. The fraction of sp³-hybridized carbons (Fsp3) is 0.550. The van der Waals surface area contributed by atoms with Gasteiger partial charge in [-0.15, -0.1) is 10.2 Å². The minimum absolute atomic E-state index is 0.0457. The average Bonchev–Trinajstić information content (AvgIpc) is 3.18. The van der Waals surface area contributed by atoms with Crippen molar-refractivity contribution in [2.75, 3.05) is 36.1 Å². The molecule has 1 aliphatic carbocycles. The first kappa shape index (κ1) is 20.9. The quantitative estimate of drug-likeness (QED) is 0.448. The van der Waals surface area contributed by atoms with Gasteiger partial charge < -0.3 is 15.5 Å². The van der Waals surface area contributed by atoms with Crippen LogP contribution in [0.4, 0.5) is 10.8 Å². The number of nitrogens with zero attached hydrogens (tertiary/aromatic N) is 3. The molecule has 1 aromatic carbocycles. The standard InChI is InChI=1S/C20H29N5OS2/c1-25(17-11-6-3-7-12-17)14-8-13-21-18(26)15-27-20-24-23-19(28-20)22-16-9-4-2-5-10-16/h3,6-7,11-12,16H,2,4-5,8-10,13-15H2,1H3,(H,21,26)(H,22,23). The molecule has 0 radical (unpaired) electrons. The average molecular weight is 420 g/mol. The third-order valence-electron chi connectivity index (χ3n) is 4.86. The molecule has 3 rings (SSSR count). The summed E-state index contributed by atoms with van der Waals surface area (Å²) in [5.74, 6) is 0.427. The zero-order valence-electron chi connectivity index (χ0n) is 16.4. The van der Waals surface area contributed by atoms with Gasteiger partial charge in [0.25, 0.3) is 0 Å². The van der Waals surface area contributed by atoms with Crippen molar-refractivity contribution >= 4 is 39.8 Å². The topological polar surface area (TPSA) is 70.2 Å². The van der Waals surface area contributed by atoms with Gasteiger partial charge in [-0.3, -0.25) is 4.79 Å². The number of anilines is 2. The molecule has 0 unspecified atom stereocenters. The summed E-state index contributed by atoms with van der Waals surface area (Å²) >= 11 is 3.00. The minimum Gasteiger partial charge on any atom is -0.375 e. The van der Waals surface area contributed by atoms with Crippen LogP contribution in [0.25, 0.3) is 0 Å². The van der Waals surface area contributed by atoms with E-state index in [0.717, 1.165) is 22.4 Å². The van der Waals surface area contributed by atoms with Crippen LogP contribution < -0.4 is 15.5 Å². The predicted octanol–water partition coefficient (Wildman–Crippen LogP) is 4.02. The molecule has 1 amide bonds. The normalized spacial score (nSPS) is 14.6. The van der Waals surface area contributed by atoms with Crippen LogP contribution >= 0.6 is 23.1 Å². The van der Waals surface area contributed by atoms with Gasteiger partial charge in [-0.05, 0) is 31.4 Å². The summed E-state index contributed by atoms with van der Waals surface area (Å²) in [6.07, 6.45) is 7.26. The highest BCUT2D eigenvalue weighted by Gasteiger charge is 2.15. The van der Waals surface area contributed by atoms with Gasteiger partial charge in [0, 0.05) is 31.9 Å². The molecule has 0 aliphatic heterocycles. The first-order valence-electron chi connectivity index (χ1n) is 9.96. The monoisotopic (exact) mass is 419 g/mol. The summed E-state index contributed by atoms with van der Waals surface area (Å²) in [5.41, 5.74) is 1.19. The van der Waals surface area contributed by atoms with E-state index in [1.165, 1.54) is 49.6 Å². The fourth-order valence-corrected chi connectivity index (χ4v) is 4.94. The number of amides is 1. The number of nitrogens with one attached hydrogen (secondary N) is 2. The summed E-state index contributed by atoms with van der Waals surface area (Å²) in [6, 6.07) is 10.8. The van der Waals surface area contributed by atoms with E-state index in [2.05, 4.69) is 44.9 Å². The van der Waals surface area contributed by atoms with Crippen molar-refractivity contribution < 1.29 is 4.79 Å². The number of carbonyl (C=O) groups excluding carboxylic acids is 1. The molecule has 2 N–H and O–H groups in total. The number of aromatic nitrogens is 2. The van der Waals surface area contributed by atoms with Crippen molar-refractivity contribution in [1.82, 2.24) is 15.5 Å². The van der Waals surface area contributed by atoms with Gasteiger partial charge in [0.15, 0.2) is 4.34 Å². The van der Waals surface area contributed by atoms with Crippen molar-refractivity contribution in [3.8, 4) is 0 Å². The third-order valence-corrected chi connectivity index (χ3v) is 6.84. The zero-order chi connectivity index (χ0) is 19.6.